The molecular formula is C6H11MgO4P. The van der Waals surface area contributed by atoms with Crippen LogP contribution in [0.1, 0.15) is 0 Å². The van der Waals surface area contributed by atoms with Gasteiger partial charge in [-0.2, -0.15) is 0 Å². The molecule has 4 nitrogen and oxygen atoms in total. The molecule has 3 N–H and O–H groups in total. The van der Waals surface area contributed by atoms with Crippen LogP contribution >= 0.6 is 7.82 Å². The van der Waals surface area contributed by atoms with E-state index in [1.54, 1.807) is 0 Å². The Morgan fingerprint density at radius 2 is 0.833 bits per heavy atom. The summed E-state index contributed by atoms with van der Waals surface area (Å²) in [6.45, 7) is 0. The van der Waals surface area contributed by atoms with Gasteiger partial charge in [0.2, 0.25) is 0 Å². The fraction of sp³-hybridized carbons (Fsp3) is 0. The molecule has 0 unspecified atom stereocenters. The van der Waals surface area contributed by atoms with Gasteiger partial charge in [-0.25, -0.2) is 4.57 Å². The van der Waals surface area contributed by atoms with Crippen LogP contribution in [0.4, 0.5) is 0 Å². The molecule has 0 saturated heterocycles. The van der Waals surface area contributed by atoms with Crippen molar-refractivity contribution >= 4 is 30.9 Å². The number of phosphoric acid groups is 1. The predicted molar refractivity (Wildman–Crippen MR) is 49.2 cm³/mol. The zero-order valence-corrected chi connectivity index (χ0v) is 6.56. The highest BCUT2D eigenvalue weighted by Gasteiger charge is 2.00. The van der Waals surface area contributed by atoms with E-state index in [1.807, 2.05) is 36.4 Å². The van der Waals surface area contributed by atoms with Crippen LogP contribution in [0.15, 0.2) is 36.4 Å². The summed E-state index contributed by atoms with van der Waals surface area (Å²) in [5.41, 5.74) is 0. The monoisotopic (exact) mass is 202 g/mol. The summed E-state index contributed by atoms with van der Waals surface area (Å²) >= 11 is 0. The predicted octanol–water partition coefficient (Wildman–Crippen LogP) is -0.158. The van der Waals surface area contributed by atoms with Crippen molar-refractivity contribution in [1.29, 1.82) is 0 Å². The Hall–Kier alpha value is 0.0962. The van der Waals surface area contributed by atoms with Crippen LogP contribution in [0, 0.1) is 0 Å². The number of benzene rings is 1. The third-order valence-electron chi connectivity index (χ3n) is 0.667. The lowest BCUT2D eigenvalue weighted by molar-refractivity contribution is 0.275. The molecule has 0 radical (unpaired) electrons. The van der Waals surface area contributed by atoms with Crippen molar-refractivity contribution in [2.24, 2.45) is 0 Å². The average Bonchev–Trinajstić information content (AvgIpc) is 1.88. The van der Waals surface area contributed by atoms with Gasteiger partial charge in [0.15, 0.2) is 0 Å². The summed E-state index contributed by atoms with van der Waals surface area (Å²) in [6.07, 6.45) is 0. The molecule has 0 aliphatic rings. The molecule has 0 bridgehead atoms. The summed E-state index contributed by atoms with van der Waals surface area (Å²) in [5.74, 6) is 0. The lowest BCUT2D eigenvalue weighted by Gasteiger charge is -1.82. The molecule has 6 heteroatoms. The van der Waals surface area contributed by atoms with Crippen LogP contribution in [-0.2, 0) is 4.57 Å². The van der Waals surface area contributed by atoms with Crippen molar-refractivity contribution in [3.05, 3.63) is 36.4 Å². The molecule has 1 aromatic carbocycles. The van der Waals surface area contributed by atoms with E-state index in [0.29, 0.717) is 0 Å². The van der Waals surface area contributed by atoms with Gasteiger partial charge in [-0.1, -0.05) is 36.4 Å². The second-order valence-corrected chi connectivity index (χ2v) is 2.69. The van der Waals surface area contributed by atoms with Crippen molar-refractivity contribution in [3.63, 3.8) is 0 Å². The molecule has 0 spiro atoms. The smallest absolute Gasteiger partial charge is 0.303 e. The fourth-order valence-corrected chi connectivity index (χ4v) is 0.385. The average molecular weight is 202 g/mol. The molecule has 12 heavy (non-hydrogen) atoms. The molecule has 0 saturated carbocycles. The molecule has 0 heterocycles. The first kappa shape index (κ1) is 14.6. The van der Waals surface area contributed by atoms with E-state index in [9.17, 15) is 0 Å². The minimum Gasteiger partial charge on any atom is -0.303 e. The topological polar surface area (TPSA) is 77.8 Å². The number of hydrogen-bond acceptors (Lipinski definition) is 1. The molecule has 0 fully saturated rings. The third kappa shape index (κ3) is 22.5. The summed E-state index contributed by atoms with van der Waals surface area (Å²) < 4.78 is 8.88. The van der Waals surface area contributed by atoms with Crippen molar-refractivity contribution in [3.8, 4) is 0 Å². The van der Waals surface area contributed by atoms with Gasteiger partial charge in [-0.15, -0.1) is 0 Å². The maximum Gasteiger partial charge on any atom is 0.466 e. The third-order valence-corrected chi connectivity index (χ3v) is 0.667. The standard InChI is InChI=1S/C6H6.Mg.H3O4P.2H/c1-2-4-6-5-3-1;;1-5(2,3)4;;/h1-6H;;(H3,1,2,3,4);;. The highest BCUT2D eigenvalue weighted by molar-refractivity contribution is 7.45. The van der Waals surface area contributed by atoms with E-state index >= 15 is 0 Å². The van der Waals surface area contributed by atoms with Crippen LogP contribution in [-0.4, -0.2) is 37.7 Å². The number of rotatable bonds is 0. The molecule has 0 aromatic heterocycles. The Bertz CT molecular complexity index is 187. The van der Waals surface area contributed by atoms with Crippen LogP contribution in [0.5, 0.6) is 0 Å². The number of hydrogen-bond donors (Lipinski definition) is 3. The van der Waals surface area contributed by atoms with Gasteiger partial charge in [-0.3, -0.25) is 0 Å². The Morgan fingerprint density at radius 3 is 0.917 bits per heavy atom. The molecule has 66 valence electrons. The first-order valence-electron chi connectivity index (χ1n) is 2.78. The summed E-state index contributed by atoms with van der Waals surface area (Å²) in [6, 6.07) is 12.0. The van der Waals surface area contributed by atoms with E-state index < -0.39 is 7.82 Å². The van der Waals surface area contributed by atoms with Crippen molar-refractivity contribution in [1.82, 2.24) is 0 Å². The SMILES string of the molecule is O=P(O)(O)O.[MgH2].c1ccccc1. The van der Waals surface area contributed by atoms with Crippen molar-refractivity contribution in [2.45, 2.75) is 0 Å². The van der Waals surface area contributed by atoms with E-state index in [0.717, 1.165) is 0 Å². The molecule has 0 aliphatic carbocycles. The lowest BCUT2D eigenvalue weighted by Crippen LogP contribution is -1.66. The Labute approximate surface area is 86.6 Å². The van der Waals surface area contributed by atoms with Crippen molar-refractivity contribution in [2.75, 3.05) is 0 Å². The Balaban J connectivity index is 0. The first-order chi connectivity index (χ1) is 5.00. The van der Waals surface area contributed by atoms with Gasteiger partial charge < -0.3 is 14.7 Å². The van der Waals surface area contributed by atoms with Crippen LogP contribution in [0.3, 0.4) is 0 Å². The van der Waals surface area contributed by atoms with Crippen LogP contribution in [0.2, 0.25) is 0 Å². The van der Waals surface area contributed by atoms with Gasteiger partial charge in [0.1, 0.15) is 0 Å². The van der Waals surface area contributed by atoms with E-state index in [2.05, 4.69) is 0 Å². The molecule has 0 aliphatic heterocycles. The normalized spacial score (nSPS) is 8.92. The lowest BCUT2D eigenvalue weighted by atomic mass is 10.4. The second-order valence-electron chi connectivity index (χ2n) is 1.67. The van der Waals surface area contributed by atoms with E-state index in [1.165, 1.54) is 0 Å². The summed E-state index contributed by atoms with van der Waals surface area (Å²) in [4.78, 5) is 21.6. The van der Waals surface area contributed by atoms with E-state index in [-0.39, 0.29) is 23.1 Å². The summed E-state index contributed by atoms with van der Waals surface area (Å²) in [7, 11) is -4.64. The van der Waals surface area contributed by atoms with Crippen LogP contribution < -0.4 is 0 Å². The molecular weight excluding hydrogens is 191 g/mol. The molecule has 0 atom stereocenters. The fourth-order valence-electron chi connectivity index (χ4n) is 0.385. The molecule has 1 rings (SSSR count). The highest BCUT2D eigenvalue weighted by Crippen LogP contribution is 2.25. The summed E-state index contributed by atoms with van der Waals surface area (Å²) in [5, 5.41) is 0. The minimum absolute atomic E-state index is 0. The van der Waals surface area contributed by atoms with Crippen molar-refractivity contribution < 1.29 is 19.2 Å². The minimum atomic E-state index is -4.64. The zero-order valence-electron chi connectivity index (χ0n) is 5.66. The largest absolute Gasteiger partial charge is 0.466 e. The second kappa shape index (κ2) is 7.73. The Morgan fingerprint density at radius 1 is 0.750 bits per heavy atom. The van der Waals surface area contributed by atoms with E-state index in [4.69, 9.17) is 19.2 Å². The molecule has 1 aromatic rings. The first-order valence-corrected chi connectivity index (χ1v) is 4.35. The van der Waals surface area contributed by atoms with Gasteiger partial charge in [0.05, 0.1) is 0 Å². The maximum atomic E-state index is 8.88. The van der Waals surface area contributed by atoms with Gasteiger partial charge in [-0.05, 0) is 0 Å². The van der Waals surface area contributed by atoms with Gasteiger partial charge in [0.25, 0.3) is 0 Å². The zero-order chi connectivity index (χ0) is 8.74. The maximum absolute atomic E-state index is 8.88. The highest BCUT2D eigenvalue weighted by atomic mass is 31.2. The quantitative estimate of drug-likeness (QED) is 0.404. The molecule has 0 amide bonds. The Kier molecular flexibility index (Phi) is 9.41. The van der Waals surface area contributed by atoms with Gasteiger partial charge in [0, 0.05) is 0 Å². The van der Waals surface area contributed by atoms with Crippen LogP contribution in [0.25, 0.3) is 0 Å². The van der Waals surface area contributed by atoms with Gasteiger partial charge >= 0.3 is 30.9 Å².